The molecule has 0 fully saturated rings. The van der Waals surface area contributed by atoms with E-state index in [0.717, 1.165) is 16.9 Å². The molecule has 5 rings (SSSR count). The van der Waals surface area contributed by atoms with Crippen molar-refractivity contribution in [2.24, 2.45) is 0 Å². The smallest absolute Gasteiger partial charge is 0.267 e. The zero-order chi connectivity index (χ0) is 23.8. The second-order valence-electron chi connectivity index (χ2n) is 8.28. The molecule has 3 heterocycles. The van der Waals surface area contributed by atoms with Crippen molar-refractivity contribution in [1.82, 2.24) is 19.2 Å². The molecular formula is C27H23ClN4O2. The molecule has 0 atom stereocenters. The van der Waals surface area contributed by atoms with Gasteiger partial charge in [0.2, 0.25) is 0 Å². The molecule has 7 heteroatoms. The van der Waals surface area contributed by atoms with Crippen LogP contribution in [-0.4, -0.2) is 19.2 Å². The molecular weight excluding hydrogens is 448 g/mol. The molecule has 0 aliphatic heterocycles. The van der Waals surface area contributed by atoms with Gasteiger partial charge >= 0.3 is 0 Å². The number of benzene rings is 2. The fraction of sp³-hybridized carbons (Fsp3) is 0.148. The van der Waals surface area contributed by atoms with Crippen molar-refractivity contribution in [3.8, 4) is 22.7 Å². The highest BCUT2D eigenvalue weighted by molar-refractivity contribution is 6.30. The summed E-state index contributed by atoms with van der Waals surface area (Å²) in [5.41, 5.74) is 5.83. The molecule has 5 aromatic rings. The van der Waals surface area contributed by atoms with Crippen molar-refractivity contribution in [2.45, 2.75) is 27.4 Å². The highest BCUT2D eigenvalue weighted by Crippen LogP contribution is 2.25. The molecule has 6 nitrogen and oxygen atoms in total. The van der Waals surface area contributed by atoms with Gasteiger partial charge < -0.3 is 4.74 Å². The molecule has 34 heavy (non-hydrogen) atoms. The van der Waals surface area contributed by atoms with Crippen molar-refractivity contribution < 1.29 is 4.74 Å². The number of aryl methyl sites for hydroxylation is 3. The number of nitrogens with zero attached hydrogens (tertiary/aromatic N) is 4. The van der Waals surface area contributed by atoms with Crippen molar-refractivity contribution in [3.05, 3.63) is 111 Å². The molecule has 0 saturated carbocycles. The van der Waals surface area contributed by atoms with E-state index in [9.17, 15) is 4.79 Å². The molecule has 0 radical (unpaired) electrons. The van der Waals surface area contributed by atoms with Gasteiger partial charge in [-0.2, -0.15) is 5.10 Å². The van der Waals surface area contributed by atoms with Gasteiger partial charge in [-0.3, -0.25) is 9.20 Å². The lowest BCUT2D eigenvalue weighted by Gasteiger charge is -2.12. The Morgan fingerprint density at radius 2 is 1.79 bits per heavy atom. The fourth-order valence-electron chi connectivity index (χ4n) is 4.08. The number of fused-ring (bicyclic) bond motifs is 1. The van der Waals surface area contributed by atoms with Gasteiger partial charge in [-0.1, -0.05) is 47.5 Å². The van der Waals surface area contributed by atoms with Crippen LogP contribution in [0.2, 0.25) is 5.02 Å². The normalized spacial score (nSPS) is 11.2. The highest BCUT2D eigenvalue weighted by atomic mass is 35.5. The van der Waals surface area contributed by atoms with Gasteiger partial charge in [-0.05, 0) is 62.7 Å². The van der Waals surface area contributed by atoms with E-state index >= 15 is 0 Å². The maximum Gasteiger partial charge on any atom is 0.267 e. The molecule has 3 aromatic heterocycles. The summed E-state index contributed by atoms with van der Waals surface area (Å²) in [7, 11) is 0. The first-order valence-electron chi connectivity index (χ1n) is 10.9. The quantitative estimate of drug-likeness (QED) is 0.330. The van der Waals surface area contributed by atoms with E-state index < -0.39 is 0 Å². The molecule has 0 bridgehead atoms. The maximum absolute atomic E-state index is 13.5. The molecule has 2 aromatic carbocycles. The summed E-state index contributed by atoms with van der Waals surface area (Å²) >= 11 is 6.16. The number of aromatic nitrogens is 4. The number of halogens is 1. The Morgan fingerprint density at radius 3 is 2.59 bits per heavy atom. The summed E-state index contributed by atoms with van der Waals surface area (Å²) in [5.74, 6) is 0.552. The predicted molar refractivity (Wildman–Crippen MR) is 134 cm³/mol. The average molecular weight is 471 g/mol. The summed E-state index contributed by atoms with van der Waals surface area (Å²) in [5, 5.41) is 5.32. The van der Waals surface area contributed by atoms with Crippen molar-refractivity contribution >= 4 is 17.2 Å². The Bertz CT molecular complexity index is 1590. The van der Waals surface area contributed by atoms with E-state index in [0.29, 0.717) is 40.0 Å². The van der Waals surface area contributed by atoms with E-state index in [-0.39, 0.29) is 5.56 Å². The third-order valence-electron chi connectivity index (χ3n) is 5.67. The lowest BCUT2D eigenvalue weighted by atomic mass is 10.1. The first-order valence-corrected chi connectivity index (χ1v) is 11.3. The van der Waals surface area contributed by atoms with E-state index in [4.69, 9.17) is 26.4 Å². The number of pyridine rings is 1. The first-order chi connectivity index (χ1) is 16.4. The summed E-state index contributed by atoms with van der Waals surface area (Å²) in [4.78, 5) is 18.3. The number of hydrogen-bond donors (Lipinski definition) is 0. The third-order valence-corrected chi connectivity index (χ3v) is 5.91. The Hall–Kier alpha value is -3.90. The van der Waals surface area contributed by atoms with Crippen LogP contribution in [0.3, 0.4) is 0 Å². The van der Waals surface area contributed by atoms with Crippen LogP contribution in [0, 0.1) is 20.8 Å². The lowest BCUT2D eigenvalue weighted by Crippen LogP contribution is -2.19. The van der Waals surface area contributed by atoms with Crippen LogP contribution in [0.25, 0.3) is 22.6 Å². The van der Waals surface area contributed by atoms with Gasteiger partial charge in [0.25, 0.3) is 5.56 Å². The molecule has 0 spiro atoms. The largest absolute Gasteiger partial charge is 0.485 e. The van der Waals surface area contributed by atoms with Crippen molar-refractivity contribution in [2.75, 3.05) is 0 Å². The van der Waals surface area contributed by atoms with Gasteiger partial charge in [-0.15, -0.1) is 0 Å². The minimum Gasteiger partial charge on any atom is -0.485 e. The maximum atomic E-state index is 13.5. The SMILES string of the molecule is Cc1cccc(COc2cccn3c(=O)c(-c4cc(C)n(-c5cccc(Cl)c5)n4)c(C)nc23)c1. The van der Waals surface area contributed by atoms with Crippen LogP contribution in [0.5, 0.6) is 5.75 Å². The number of ether oxygens (including phenoxy) is 1. The molecule has 0 aliphatic carbocycles. The Balaban J connectivity index is 1.55. The topological polar surface area (TPSA) is 61.4 Å². The van der Waals surface area contributed by atoms with E-state index in [1.807, 2.05) is 75.4 Å². The van der Waals surface area contributed by atoms with Crippen molar-refractivity contribution in [3.63, 3.8) is 0 Å². The Kier molecular flexibility index (Phi) is 5.67. The van der Waals surface area contributed by atoms with Crippen LogP contribution in [0.15, 0.2) is 77.7 Å². The molecule has 170 valence electrons. The first kappa shape index (κ1) is 21.9. The summed E-state index contributed by atoms with van der Waals surface area (Å²) in [6, 6.07) is 21.1. The second kappa shape index (κ2) is 8.80. The van der Waals surface area contributed by atoms with E-state index in [1.165, 1.54) is 9.96 Å². The second-order valence-corrected chi connectivity index (χ2v) is 8.72. The Morgan fingerprint density at radius 1 is 0.971 bits per heavy atom. The number of hydrogen-bond acceptors (Lipinski definition) is 4. The lowest BCUT2D eigenvalue weighted by molar-refractivity contribution is 0.307. The highest BCUT2D eigenvalue weighted by Gasteiger charge is 2.18. The van der Waals surface area contributed by atoms with E-state index in [1.54, 1.807) is 16.9 Å². The summed E-state index contributed by atoms with van der Waals surface area (Å²) in [6.45, 7) is 6.20. The zero-order valence-electron chi connectivity index (χ0n) is 19.1. The Labute approximate surface area is 202 Å². The number of rotatable bonds is 5. The minimum absolute atomic E-state index is 0.195. The zero-order valence-corrected chi connectivity index (χ0v) is 19.9. The van der Waals surface area contributed by atoms with Crippen molar-refractivity contribution in [1.29, 1.82) is 0 Å². The van der Waals surface area contributed by atoms with E-state index in [2.05, 4.69) is 6.07 Å². The predicted octanol–water partition coefficient (Wildman–Crippen LogP) is 5.70. The van der Waals surface area contributed by atoms with Gasteiger partial charge in [0, 0.05) is 16.9 Å². The monoisotopic (exact) mass is 470 g/mol. The van der Waals surface area contributed by atoms with Crippen LogP contribution >= 0.6 is 11.6 Å². The van der Waals surface area contributed by atoms with Crippen LogP contribution in [-0.2, 0) is 6.61 Å². The molecule has 0 amide bonds. The molecule has 0 N–H and O–H groups in total. The average Bonchev–Trinajstić information content (AvgIpc) is 3.19. The van der Waals surface area contributed by atoms with Crippen LogP contribution < -0.4 is 10.3 Å². The standard InChI is InChI=1S/C27H23ClN4O2/c1-17-7-4-8-20(13-17)16-34-24-11-6-12-31-26(24)29-19(3)25(27(31)33)23-14-18(2)32(30-23)22-10-5-9-21(28)15-22/h4-15H,16H2,1-3H3. The van der Waals surface area contributed by atoms with Gasteiger partial charge in [-0.25, -0.2) is 9.67 Å². The van der Waals surface area contributed by atoms with Gasteiger partial charge in [0.1, 0.15) is 12.3 Å². The fourth-order valence-corrected chi connectivity index (χ4v) is 4.26. The summed E-state index contributed by atoms with van der Waals surface area (Å²) < 4.78 is 9.34. The van der Waals surface area contributed by atoms with Gasteiger partial charge in [0.05, 0.1) is 16.9 Å². The van der Waals surface area contributed by atoms with Crippen LogP contribution in [0.1, 0.15) is 22.5 Å². The van der Waals surface area contributed by atoms with Crippen LogP contribution in [0.4, 0.5) is 0 Å². The molecule has 0 aliphatic rings. The molecule has 0 saturated heterocycles. The third kappa shape index (κ3) is 4.08. The summed E-state index contributed by atoms with van der Waals surface area (Å²) in [6.07, 6.45) is 1.70. The minimum atomic E-state index is -0.195. The van der Waals surface area contributed by atoms with Gasteiger partial charge in [0.15, 0.2) is 11.4 Å². The molecule has 0 unspecified atom stereocenters.